The minimum atomic E-state index is -0.889. The van der Waals surface area contributed by atoms with E-state index in [0.717, 1.165) is 11.1 Å². The third-order valence-corrected chi connectivity index (χ3v) is 4.83. The summed E-state index contributed by atoms with van der Waals surface area (Å²) in [7, 11) is 0. The van der Waals surface area contributed by atoms with E-state index >= 15 is 0 Å². The van der Waals surface area contributed by atoms with Gasteiger partial charge in [0.25, 0.3) is 0 Å². The quantitative estimate of drug-likeness (QED) is 0.564. The van der Waals surface area contributed by atoms with Crippen LogP contribution in [-0.2, 0) is 17.6 Å². The Hall–Kier alpha value is -2.83. The fourth-order valence-electron chi connectivity index (χ4n) is 3.00. The summed E-state index contributed by atoms with van der Waals surface area (Å²) in [5.41, 5.74) is 2.24. The zero-order valence-electron chi connectivity index (χ0n) is 15.8. The minimum Gasteiger partial charge on any atom is -0.354 e. The van der Waals surface area contributed by atoms with Crippen molar-refractivity contribution in [1.82, 2.24) is 20.6 Å². The molecule has 0 aliphatic rings. The van der Waals surface area contributed by atoms with E-state index < -0.39 is 11.9 Å². The molecule has 29 heavy (non-hydrogen) atoms. The Bertz CT molecular complexity index is 904. The molecule has 0 saturated heterocycles. The van der Waals surface area contributed by atoms with Gasteiger partial charge in [-0.05, 0) is 54.3 Å². The number of benzene rings is 1. The molecule has 1 unspecified atom stereocenters. The molecule has 1 amide bonds. The Morgan fingerprint density at radius 3 is 2.48 bits per heavy atom. The lowest BCUT2D eigenvalue weighted by Crippen LogP contribution is -2.39. The molecule has 0 radical (unpaired) electrons. The number of hydrogen-bond acceptors (Lipinski definition) is 4. The van der Waals surface area contributed by atoms with Crippen LogP contribution in [0.3, 0.4) is 0 Å². The van der Waals surface area contributed by atoms with Gasteiger partial charge in [-0.1, -0.05) is 23.7 Å². The van der Waals surface area contributed by atoms with Gasteiger partial charge >= 0.3 is 0 Å². The van der Waals surface area contributed by atoms with E-state index in [9.17, 15) is 9.18 Å². The van der Waals surface area contributed by atoms with E-state index in [4.69, 9.17) is 11.6 Å². The Labute approximate surface area is 174 Å². The van der Waals surface area contributed by atoms with Crippen molar-refractivity contribution in [3.63, 3.8) is 0 Å². The Balaban J connectivity index is 1.67. The maximum absolute atomic E-state index is 14.5. The minimum absolute atomic E-state index is 0.155. The molecule has 0 bridgehead atoms. The summed E-state index contributed by atoms with van der Waals surface area (Å²) in [4.78, 5) is 20.9. The van der Waals surface area contributed by atoms with Crippen LogP contribution >= 0.6 is 11.6 Å². The average molecular weight is 413 g/mol. The predicted octanol–water partition coefficient (Wildman–Crippen LogP) is 3.50. The van der Waals surface area contributed by atoms with Crippen LogP contribution in [0, 0.1) is 5.82 Å². The number of carbonyl (C=O) groups is 1. The first-order valence-electron chi connectivity index (χ1n) is 9.38. The monoisotopic (exact) mass is 412 g/mol. The lowest BCUT2D eigenvalue weighted by atomic mass is 10.0. The summed E-state index contributed by atoms with van der Waals surface area (Å²) in [5.74, 6) is -0.836. The lowest BCUT2D eigenvalue weighted by molar-refractivity contribution is -0.123. The van der Waals surface area contributed by atoms with Crippen LogP contribution in [0.5, 0.6) is 0 Å². The number of pyridine rings is 2. The van der Waals surface area contributed by atoms with E-state index in [1.165, 1.54) is 12.1 Å². The first kappa shape index (κ1) is 20.9. The van der Waals surface area contributed by atoms with Crippen LogP contribution in [0.25, 0.3) is 0 Å². The maximum atomic E-state index is 14.5. The van der Waals surface area contributed by atoms with Gasteiger partial charge in [-0.15, -0.1) is 0 Å². The zero-order chi connectivity index (χ0) is 20.5. The first-order chi connectivity index (χ1) is 14.1. The van der Waals surface area contributed by atoms with Gasteiger partial charge in [-0.3, -0.25) is 14.8 Å². The number of nitrogens with zero attached hydrogens (tertiary/aromatic N) is 2. The van der Waals surface area contributed by atoms with Gasteiger partial charge in [0.1, 0.15) is 11.9 Å². The van der Waals surface area contributed by atoms with Crippen LogP contribution in [0.2, 0.25) is 5.02 Å². The highest BCUT2D eigenvalue weighted by Gasteiger charge is 2.25. The molecule has 3 rings (SSSR count). The Kier molecular flexibility index (Phi) is 7.67. The molecule has 0 aliphatic heterocycles. The third kappa shape index (κ3) is 6.07. The molecule has 2 N–H and O–H groups in total. The average Bonchev–Trinajstić information content (AvgIpc) is 2.74. The van der Waals surface area contributed by atoms with E-state index in [2.05, 4.69) is 20.6 Å². The number of rotatable bonds is 9. The molecule has 1 atom stereocenters. The molecule has 0 saturated carbocycles. The van der Waals surface area contributed by atoms with Crippen molar-refractivity contribution in [3.05, 3.63) is 94.8 Å². The maximum Gasteiger partial charge on any atom is 0.241 e. The fourth-order valence-corrected chi connectivity index (χ4v) is 3.27. The van der Waals surface area contributed by atoms with E-state index in [1.54, 1.807) is 30.9 Å². The number of carbonyl (C=O) groups excluding carboxylic acids is 1. The number of amides is 1. The van der Waals surface area contributed by atoms with Crippen LogP contribution in [0.1, 0.15) is 22.7 Å². The van der Waals surface area contributed by atoms with Crippen LogP contribution in [0.4, 0.5) is 4.39 Å². The largest absolute Gasteiger partial charge is 0.354 e. The van der Waals surface area contributed by atoms with Crippen LogP contribution in [-0.4, -0.2) is 29.0 Å². The topological polar surface area (TPSA) is 66.9 Å². The number of halogens is 2. The van der Waals surface area contributed by atoms with E-state index in [1.807, 2.05) is 24.3 Å². The van der Waals surface area contributed by atoms with Gasteiger partial charge in [0.05, 0.1) is 0 Å². The molecule has 2 heterocycles. The van der Waals surface area contributed by atoms with Crippen molar-refractivity contribution < 1.29 is 9.18 Å². The van der Waals surface area contributed by atoms with Crippen molar-refractivity contribution >= 4 is 17.5 Å². The summed E-state index contributed by atoms with van der Waals surface area (Å²) < 4.78 is 14.5. The van der Waals surface area contributed by atoms with Crippen molar-refractivity contribution in [1.29, 1.82) is 0 Å². The Morgan fingerprint density at radius 1 is 0.966 bits per heavy atom. The fraction of sp³-hybridized carbons (Fsp3) is 0.227. The van der Waals surface area contributed by atoms with Gasteiger partial charge in [-0.2, -0.15) is 0 Å². The van der Waals surface area contributed by atoms with Crippen LogP contribution < -0.4 is 10.6 Å². The third-order valence-electron chi connectivity index (χ3n) is 4.50. The number of aromatic nitrogens is 2. The standard InChI is InChI=1S/C22H22ClFN4O/c23-18-4-1-5-19(24)20(18)21(27-13-8-16-6-11-25-12-7-16)22(29)28-14-9-17-3-2-10-26-15-17/h1-7,10-12,15,21,27H,8-9,13-14H2,(H,28,29). The molecule has 7 heteroatoms. The molecule has 0 spiro atoms. The Morgan fingerprint density at radius 2 is 1.76 bits per heavy atom. The summed E-state index contributed by atoms with van der Waals surface area (Å²) in [6.07, 6.45) is 8.19. The normalized spacial score (nSPS) is 11.8. The van der Waals surface area contributed by atoms with E-state index in [-0.39, 0.29) is 16.5 Å². The SMILES string of the molecule is O=C(NCCc1cccnc1)C(NCCc1ccncc1)c1c(F)cccc1Cl. The predicted molar refractivity (Wildman–Crippen MR) is 111 cm³/mol. The first-order valence-corrected chi connectivity index (χ1v) is 9.76. The van der Waals surface area contributed by atoms with Gasteiger partial charge < -0.3 is 10.6 Å². The molecular formula is C22H22ClFN4O. The smallest absolute Gasteiger partial charge is 0.241 e. The molecule has 0 fully saturated rings. The van der Waals surface area contributed by atoms with Crippen molar-refractivity contribution in [2.75, 3.05) is 13.1 Å². The summed E-state index contributed by atoms with van der Waals surface area (Å²) in [6, 6.07) is 11.1. The highest BCUT2D eigenvalue weighted by Crippen LogP contribution is 2.26. The van der Waals surface area contributed by atoms with Gasteiger partial charge in [-0.25, -0.2) is 4.39 Å². The summed E-state index contributed by atoms with van der Waals surface area (Å²) >= 11 is 6.22. The van der Waals surface area contributed by atoms with Crippen molar-refractivity contribution in [2.24, 2.45) is 0 Å². The van der Waals surface area contributed by atoms with Crippen molar-refractivity contribution in [3.8, 4) is 0 Å². The summed E-state index contributed by atoms with van der Waals surface area (Å²) in [5, 5.41) is 6.23. The molecule has 1 aromatic carbocycles. The summed E-state index contributed by atoms with van der Waals surface area (Å²) in [6.45, 7) is 0.897. The molecule has 150 valence electrons. The lowest BCUT2D eigenvalue weighted by Gasteiger charge is -2.20. The second-order valence-electron chi connectivity index (χ2n) is 6.53. The van der Waals surface area contributed by atoms with Gasteiger partial charge in [0, 0.05) is 48.5 Å². The second-order valence-corrected chi connectivity index (χ2v) is 6.94. The van der Waals surface area contributed by atoms with E-state index in [0.29, 0.717) is 25.9 Å². The van der Waals surface area contributed by atoms with Gasteiger partial charge in [0.2, 0.25) is 5.91 Å². The molecular weight excluding hydrogens is 391 g/mol. The van der Waals surface area contributed by atoms with Crippen LogP contribution in [0.15, 0.2) is 67.3 Å². The van der Waals surface area contributed by atoms with Gasteiger partial charge in [0.15, 0.2) is 0 Å². The molecule has 5 nitrogen and oxygen atoms in total. The number of hydrogen-bond donors (Lipinski definition) is 2. The highest BCUT2D eigenvalue weighted by atomic mass is 35.5. The highest BCUT2D eigenvalue weighted by molar-refractivity contribution is 6.31. The molecule has 0 aliphatic carbocycles. The van der Waals surface area contributed by atoms with Crippen molar-refractivity contribution in [2.45, 2.75) is 18.9 Å². The molecule has 3 aromatic rings. The second kappa shape index (κ2) is 10.6. The zero-order valence-corrected chi connectivity index (χ0v) is 16.6. The molecule has 2 aromatic heterocycles. The number of nitrogens with one attached hydrogen (secondary N) is 2.